The van der Waals surface area contributed by atoms with Crippen LogP contribution in [0.15, 0.2) is 28.3 Å². The normalized spacial score (nSPS) is 14.4. The SMILES string of the molecule is Cc1cc(NN2[C]=C(Cl)C=NN2)ccc1N. The third-order valence-electron chi connectivity index (χ3n) is 2.06. The highest BCUT2D eigenvalue weighted by Gasteiger charge is 2.05. The molecule has 1 aliphatic heterocycles. The summed E-state index contributed by atoms with van der Waals surface area (Å²) in [6, 6.07) is 5.61. The quantitative estimate of drug-likeness (QED) is 0.683. The second-order valence-corrected chi connectivity index (χ2v) is 3.74. The maximum atomic E-state index is 5.75. The highest BCUT2D eigenvalue weighted by Crippen LogP contribution is 2.17. The molecule has 0 bridgehead atoms. The Bertz CT molecular complexity index is 455. The van der Waals surface area contributed by atoms with E-state index < -0.39 is 0 Å². The molecule has 0 aliphatic carbocycles. The maximum Gasteiger partial charge on any atom is 0.132 e. The van der Waals surface area contributed by atoms with Crippen LogP contribution in [0.3, 0.4) is 0 Å². The van der Waals surface area contributed by atoms with Gasteiger partial charge in [-0.05, 0) is 30.7 Å². The standard InChI is InChI=1S/C10H11ClN5/c1-7-4-9(2-3-10(7)12)14-16-6-8(11)5-13-15-16/h2-5,14-15H,12H2,1H3. The summed E-state index contributed by atoms with van der Waals surface area (Å²) in [6.45, 7) is 1.94. The zero-order chi connectivity index (χ0) is 11.5. The van der Waals surface area contributed by atoms with Gasteiger partial charge < -0.3 is 5.73 Å². The van der Waals surface area contributed by atoms with Crippen LogP contribution in [0.2, 0.25) is 0 Å². The topological polar surface area (TPSA) is 65.7 Å². The van der Waals surface area contributed by atoms with Crippen molar-refractivity contribution in [1.82, 2.24) is 10.7 Å². The molecular formula is C10H11ClN5. The van der Waals surface area contributed by atoms with Crippen LogP contribution in [0.5, 0.6) is 0 Å². The predicted molar refractivity (Wildman–Crippen MR) is 65.3 cm³/mol. The average Bonchev–Trinajstić information content (AvgIpc) is 2.24. The van der Waals surface area contributed by atoms with Crippen molar-refractivity contribution in [2.45, 2.75) is 6.92 Å². The summed E-state index contributed by atoms with van der Waals surface area (Å²) in [7, 11) is 0. The molecule has 1 aromatic carbocycles. The summed E-state index contributed by atoms with van der Waals surface area (Å²) in [4.78, 5) is 0. The van der Waals surface area contributed by atoms with Crippen molar-refractivity contribution >= 4 is 29.2 Å². The zero-order valence-electron chi connectivity index (χ0n) is 8.66. The first-order valence-electron chi connectivity index (χ1n) is 4.66. The second-order valence-electron chi connectivity index (χ2n) is 3.34. The first-order valence-corrected chi connectivity index (χ1v) is 5.03. The molecule has 0 saturated carbocycles. The first kappa shape index (κ1) is 10.6. The smallest absolute Gasteiger partial charge is 0.132 e. The van der Waals surface area contributed by atoms with E-state index in [1.807, 2.05) is 25.1 Å². The molecule has 0 amide bonds. The molecule has 83 valence electrons. The fourth-order valence-corrected chi connectivity index (χ4v) is 1.36. The van der Waals surface area contributed by atoms with Crippen LogP contribution in [0.25, 0.3) is 0 Å². The van der Waals surface area contributed by atoms with Crippen molar-refractivity contribution in [1.29, 1.82) is 0 Å². The van der Waals surface area contributed by atoms with Gasteiger partial charge >= 0.3 is 0 Å². The average molecular weight is 237 g/mol. The molecule has 1 aliphatic rings. The first-order chi connectivity index (χ1) is 7.65. The fraction of sp³-hybridized carbons (Fsp3) is 0.100. The second kappa shape index (κ2) is 4.32. The van der Waals surface area contributed by atoms with E-state index in [4.69, 9.17) is 17.3 Å². The molecule has 1 radical (unpaired) electrons. The van der Waals surface area contributed by atoms with Crippen LogP contribution in [-0.2, 0) is 0 Å². The predicted octanol–water partition coefficient (Wildman–Crippen LogP) is 1.59. The number of rotatable bonds is 2. The van der Waals surface area contributed by atoms with E-state index in [2.05, 4.69) is 22.3 Å². The number of nitrogens with zero attached hydrogens (tertiary/aromatic N) is 2. The van der Waals surface area contributed by atoms with Crippen molar-refractivity contribution in [3.63, 3.8) is 0 Å². The number of benzene rings is 1. The van der Waals surface area contributed by atoms with E-state index in [9.17, 15) is 0 Å². The summed E-state index contributed by atoms with van der Waals surface area (Å²) >= 11 is 5.75. The van der Waals surface area contributed by atoms with Crippen LogP contribution in [0, 0.1) is 13.1 Å². The molecule has 0 unspecified atom stereocenters. The van der Waals surface area contributed by atoms with Gasteiger partial charge in [0.2, 0.25) is 0 Å². The van der Waals surface area contributed by atoms with E-state index in [1.54, 1.807) is 0 Å². The lowest BCUT2D eigenvalue weighted by Crippen LogP contribution is -2.37. The van der Waals surface area contributed by atoms with Gasteiger partial charge in [0.05, 0.1) is 16.9 Å². The largest absolute Gasteiger partial charge is 0.399 e. The molecule has 2 rings (SSSR count). The Balaban J connectivity index is 2.10. The third-order valence-corrected chi connectivity index (χ3v) is 2.25. The van der Waals surface area contributed by atoms with Crippen LogP contribution in [0.4, 0.5) is 11.4 Å². The van der Waals surface area contributed by atoms with E-state index in [0.717, 1.165) is 16.9 Å². The van der Waals surface area contributed by atoms with Crippen molar-refractivity contribution in [2.24, 2.45) is 5.10 Å². The summed E-state index contributed by atoms with van der Waals surface area (Å²) in [5.41, 5.74) is 14.0. The number of halogens is 1. The van der Waals surface area contributed by atoms with Crippen molar-refractivity contribution in [3.8, 4) is 0 Å². The highest BCUT2D eigenvalue weighted by molar-refractivity contribution is 6.38. The maximum absolute atomic E-state index is 5.75. The Labute approximate surface area is 98.5 Å². The monoisotopic (exact) mass is 236 g/mol. The van der Waals surface area contributed by atoms with Gasteiger partial charge in [-0.15, -0.1) is 0 Å². The summed E-state index contributed by atoms with van der Waals surface area (Å²) in [5, 5.41) is 5.66. The van der Waals surface area contributed by atoms with Gasteiger partial charge in [0.15, 0.2) is 0 Å². The molecule has 1 heterocycles. The molecule has 0 spiro atoms. The van der Waals surface area contributed by atoms with Crippen LogP contribution in [0.1, 0.15) is 5.56 Å². The molecule has 4 N–H and O–H groups in total. The van der Waals surface area contributed by atoms with E-state index >= 15 is 0 Å². The van der Waals surface area contributed by atoms with Gasteiger partial charge in [-0.25, -0.2) is 0 Å². The molecule has 6 heteroatoms. The lowest BCUT2D eigenvalue weighted by atomic mass is 10.2. The number of nitrogens with one attached hydrogen (secondary N) is 2. The fourth-order valence-electron chi connectivity index (χ4n) is 1.23. The molecule has 0 atom stereocenters. The van der Waals surface area contributed by atoms with Gasteiger partial charge in [0.1, 0.15) is 6.20 Å². The van der Waals surface area contributed by atoms with Gasteiger partial charge in [-0.3, -0.25) is 5.43 Å². The van der Waals surface area contributed by atoms with Crippen molar-refractivity contribution in [2.75, 3.05) is 11.2 Å². The van der Waals surface area contributed by atoms with Gasteiger partial charge in [0, 0.05) is 5.69 Å². The number of allylic oxidation sites excluding steroid dienone is 1. The van der Waals surface area contributed by atoms with Gasteiger partial charge in [-0.2, -0.15) is 15.8 Å². The number of hydrogen-bond donors (Lipinski definition) is 3. The van der Waals surface area contributed by atoms with Crippen LogP contribution >= 0.6 is 11.6 Å². The summed E-state index contributed by atoms with van der Waals surface area (Å²) in [6.07, 6.45) is 4.28. The zero-order valence-corrected chi connectivity index (χ0v) is 9.42. The Hall–Kier alpha value is -1.88. The number of hydrazone groups is 1. The Kier molecular flexibility index (Phi) is 2.87. The Morgan fingerprint density at radius 3 is 3.06 bits per heavy atom. The van der Waals surface area contributed by atoms with Crippen LogP contribution in [-0.4, -0.2) is 11.3 Å². The number of hydrazine groups is 2. The lowest BCUT2D eigenvalue weighted by molar-refractivity contribution is 0.312. The van der Waals surface area contributed by atoms with E-state index in [0.29, 0.717) is 5.03 Å². The molecule has 0 fully saturated rings. The van der Waals surface area contributed by atoms with Crippen molar-refractivity contribution < 1.29 is 0 Å². The third kappa shape index (κ3) is 2.38. The number of anilines is 2. The summed E-state index contributed by atoms with van der Waals surface area (Å²) < 4.78 is 0. The number of hydrogen-bond acceptors (Lipinski definition) is 5. The summed E-state index contributed by atoms with van der Waals surface area (Å²) in [5.74, 6) is 0. The number of nitrogen functional groups attached to an aromatic ring is 1. The van der Waals surface area contributed by atoms with E-state index in [-0.39, 0.29) is 0 Å². The van der Waals surface area contributed by atoms with Gasteiger partial charge in [-0.1, -0.05) is 11.6 Å². The minimum absolute atomic E-state index is 0.415. The Morgan fingerprint density at radius 1 is 1.56 bits per heavy atom. The number of nitrogens with two attached hydrogens (primary N) is 1. The molecule has 0 saturated heterocycles. The van der Waals surface area contributed by atoms with E-state index in [1.165, 1.54) is 11.3 Å². The minimum atomic E-state index is 0.415. The van der Waals surface area contributed by atoms with Crippen molar-refractivity contribution in [3.05, 3.63) is 35.0 Å². The Morgan fingerprint density at radius 2 is 2.38 bits per heavy atom. The van der Waals surface area contributed by atoms with Gasteiger partial charge in [0.25, 0.3) is 0 Å². The molecule has 0 aromatic heterocycles. The van der Waals surface area contributed by atoms with Crippen LogP contribution < -0.4 is 16.7 Å². The molecule has 16 heavy (non-hydrogen) atoms. The number of aryl methyl sites for hydroxylation is 1. The minimum Gasteiger partial charge on any atom is -0.399 e. The molecule has 5 nitrogen and oxygen atoms in total. The highest BCUT2D eigenvalue weighted by atomic mass is 35.5. The lowest BCUT2D eigenvalue weighted by Gasteiger charge is -2.22. The molecular weight excluding hydrogens is 226 g/mol. The molecule has 1 aromatic rings.